The molecule has 220 valence electrons. The number of anilines is 2. The Balaban J connectivity index is 1.36. The Bertz CT molecular complexity index is 1580. The van der Waals surface area contributed by atoms with Crippen LogP contribution in [0, 0.1) is 23.7 Å². The first-order valence-electron chi connectivity index (χ1n) is 15.0. The van der Waals surface area contributed by atoms with E-state index in [2.05, 4.69) is 52.2 Å². The fourth-order valence-electron chi connectivity index (χ4n) is 7.04. The summed E-state index contributed by atoms with van der Waals surface area (Å²) in [5.41, 5.74) is 6.75. The molecular formula is C33H41N7O2. The van der Waals surface area contributed by atoms with Gasteiger partial charge in [-0.05, 0) is 58.0 Å². The van der Waals surface area contributed by atoms with Crippen molar-refractivity contribution in [2.75, 3.05) is 69.7 Å². The number of hydrogen-bond acceptors (Lipinski definition) is 7. The van der Waals surface area contributed by atoms with Gasteiger partial charge in [0.05, 0.1) is 29.1 Å². The van der Waals surface area contributed by atoms with Gasteiger partial charge in [-0.2, -0.15) is 10.4 Å². The number of aryl methyl sites for hydroxylation is 2. The van der Waals surface area contributed by atoms with Crippen LogP contribution in [0.1, 0.15) is 30.4 Å². The van der Waals surface area contributed by atoms with Crippen LogP contribution < -0.4 is 9.80 Å². The minimum absolute atomic E-state index is 0.0488. The summed E-state index contributed by atoms with van der Waals surface area (Å²) >= 11 is 0. The van der Waals surface area contributed by atoms with Crippen molar-refractivity contribution in [2.24, 2.45) is 12.5 Å². The number of hydrogen-bond donors (Lipinski definition) is 1. The predicted octanol–water partition coefficient (Wildman–Crippen LogP) is 3.54. The number of carbonyl (C=O) groups excluding carboxylic acids is 1. The number of nitrogens with zero attached hydrogens (tertiary/aromatic N) is 7. The zero-order valence-corrected chi connectivity index (χ0v) is 25.2. The van der Waals surface area contributed by atoms with Gasteiger partial charge >= 0.3 is 0 Å². The Morgan fingerprint density at radius 2 is 2.02 bits per heavy atom. The van der Waals surface area contributed by atoms with Crippen LogP contribution in [-0.2, 0) is 11.8 Å². The molecule has 42 heavy (non-hydrogen) atoms. The van der Waals surface area contributed by atoms with E-state index in [-0.39, 0.29) is 17.4 Å². The topological polar surface area (TPSA) is 91.9 Å². The van der Waals surface area contributed by atoms with Crippen LogP contribution in [-0.4, -0.2) is 96.6 Å². The van der Waals surface area contributed by atoms with Crippen LogP contribution in [0.15, 0.2) is 42.6 Å². The van der Waals surface area contributed by atoms with Crippen LogP contribution in [0.5, 0.6) is 0 Å². The first kappa shape index (κ1) is 28.3. The monoisotopic (exact) mass is 567 g/mol. The fraction of sp³-hybridized carbons (Fsp3) is 0.485. The summed E-state index contributed by atoms with van der Waals surface area (Å²) in [6, 6.07) is 11.1. The Hall–Kier alpha value is -3.87. The molecule has 3 saturated heterocycles. The molecule has 9 heteroatoms. The standard InChI is InChI=1S/C33H41N7O2/c1-23-9-10-24-18-35-37(4)32(24)31(23)27-15-25(38-13-5-7-26(41)19-38)16-29(28(27)17-34)39-14-11-33(20-39)21-40(22-33)30(42)8-6-12-36(2)3/h6,8-10,15-16,18,26,41H,5,7,11-14,19-22H2,1-4H3/b8-6+. The number of fused-ring (bicyclic) bond motifs is 1. The molecule has 1 spiro atoms. The van der Waals surface area contributed by atoms with E-state index in [1.54, 1.807) is 6.08 Å². The molecule has 6 rings (SSSR count). The van der Waals surface area contributed by atoms with Gasteiger partial charge in [-0.1, -0.05) is 18.2 Å². The molecule has 3 fully saturated rings. The number of piperidine rings is 1. The SMILES string of the molecule is Cc1ccc2cnn(C)c2c1-c1cc(N2CCCC(O)C2)cc(N2CCC3(CN(C(=O)/C=C/CN(C)C)C3)C2)c1C#N. The molecule has 1 N–H and O–H groups in total. The molecule has 1 aromatic heterocycles. The number of nitriles is 1. The van der Waals surface area contributed by atoms with E-state index < -0.39 is 0 Å². The first-order chi connectivity index (χ1) is 20.2. The van der Waals surface area contributed by atoms with Gasteiger partial charge in [-0.25, -0.2) is 0 Å². The zero-order chi connectivity index (χ0) is 29.6. The third-order valence-electron chi connectivity index (χ3n) is 9.23. The highest BCUT2D eigenvalue weighted by Crippen LogP contribution is 2.46. The summed E-state index contributed by atoms with van der Waals surface area (Å²) in [4.78, 5) is 21.3. The number of likely N-dealkylation sites (tertiary alicyclic amines) is 1. The summed E-state index contributed by atoms with van der Waals surface area (Å²) < 4.78 is 1.90. The minimum Gasteiger partial charge on any atom is -0.391 e. The van der Waals surface area contributed by atoms with Gasteiger partial charge < -0.3 is 24.7 Å². The molecule has 3 aromatic rings. The zero-order valence-electron chi connectivity index (χ0n) is 25.2. The van der Waals surface area contributed by atoms with Crippen LogP contribution in [0.2, 0.25) is 0 Å². The number of amides is 1. The summed E-state index contributed by atoms with van der Waals surface area (Å²) in [7, 11) is 5.93. The Kier molecular flexibility index (Phi) is 7.46. The third-order valence-corrected chi connectivity index (χ3v) is 9.23. The number of aliphatic hydroxyl groups is 1. The average molecular weight is 568 g/mol. The highest BCUT2D eigenvalue weighted by molar-refractivity contribution is 5.99. The van der Waals surface area contributed by atoms with Gasteiger partial charge in [0.15, 0.2) is 0 Å². The van der Waals surface area contributed by atoms with Gasteiger partial charge in [-0.3, -0.25) is 9.48 Å². The summed E-state index contributed by atoms with van der Waals surface area (Å²) in [6.45, 7) is 7.44. The summed E-state index contributed by atoms with van der Waals surface area (Å²) in [5, 5.41) is 26.7. The van der Waals surface area contributed by atoms with Gasteiger partial charge in [0.1, 0.15) is 6.07 Å². The van der Waals surface area contributed by atoms with Crippen LogP contribution in [0.25, 0.3) is 22.0 Å². The first-order valence-corrected chi connectivity index (χ1v) is 15.0. The number of carbonyl (C=O) groups is 1. The quantitative estimate of drug-likeness (QED) is 0.456. The van der Waals surface area contributed by atoms with Gasteiger partial charge in [-0.15, -0.1) is 0 Å². The molecule has 0 radical (unpaired) electrons. The van der Waals surface area contributed by atoms with Crippen LogP contribution in [0.3, 0.4) is 0 Å². The minimum atomic E-state index is -0.358. The number of aromatic nitrogens is 2. The second kappa shape index (κ2) is 11.1. The summed E-state index contributed by atoms with van der Waals surface area (Å²) in [6.07, 6.45) is 7.86. The normalized spacial score (nSPS) is 20.2. The largest absolute Gasteiger partial charge is 0.391 e. The van der Waals surface area contributed by atoms with Crippen molar-refractivity contribution in [3.05, 3.63) is 53.7 Å². The average Bonchev–Trinajstić information content (AvgIpc) is 3.56. The molecule has 1 unspecified atom stereocenters. The highest BCUT2D eigenvalue weighted by atomic mass is 16.3. The van der Waals surface area contributed by atoms with E-state index >= 15 is 0 Å². The molecule has 3 aliphatic rings. The lowest BCUT2D eigenvalue weighted by atomic mass is 9.79. The highest BCUT2D eigenvalue weighted by Gasteiger charge is 2.49. The third kappa shape index (κ3) is 5.14. The molecule has 1 amide bonds. The number of β-amino-alcohol motifs (C(OH)–C–C–N with tert-alkyl or cyclic N) is 1. The number of likely N-dealkylation sites (N-methyl/N-ethyl adjacent to an activating group) is 1. The lowest BCUT2D eigenvalue weighted by Crippen LogP contribution is -2.59. The van der Waals surface area contributed by atoms with Crippen molar-refractivity contribution in [3.63, 3.8) is 0 Å². The smallest absolute Gasteiger partial charge is 0.246 e. The van der Waals surface area contributed by atoms with Crippen molar-refractivity contribution in [1.29, 1.82) is 5.26 Å². The Morgan fingerprint density at radius 1 is 1.21 bits per heavy atom. The second-order valence-corrected chi connectivity index (χ2v) is 12.7. The maximum absolute atomic E-state index is 12.7. The molecule has 2 aromatic carbocycles. The van der Waals surface area contributed by atoms with E-state index in [1.165, 1.54) is 0 Å². The number of benzene rings is 2. The molecule has 0 saturated carbocycles. The lowest BCUT2D eigenvalue weighted by Gasteiger charge is -2.47. The van der Waals surface area contributed by atoms with Crippen molar-refractivity contribution < 1.29 is 9.90 Å². The molecule has 9 nitrogen and oxygen atoms in total. The van der Waals surface area contributed by atoms with Crippen LogP contribution in [0.4, 0.5) is 11.4 Å². The molecule has 3 aliphatic heterocycles. The number of aliphatic hydroxyl groups excluding tert-OH is 1. The van der Waals surface area contributed by atoms with Crippen molar-refractivity contribution in [3.8, 4) is 17.2 Å². The number of rotatable bonds is 6. The Labute approximate surface area is 248 Å². The van der Waals surface area contributed by atoms with Gasteiger partial charge in [0.2, 0.25) is 5.91 Å². The van der Waals surface area contributed by atoms with E-state index in [0.29, 0.717) is 12.1 Å². The maximum Gasteiger partial charge on any atom is 0.246 e. The molecule has 0 aliphatic carbocycles. The van der Waals surface area contributed by atoms with E-state index in [9.17, 15) is 15.2 Å². The van der Waals surface area contributed by atoms with E-state index in [0.717, 1.165) is 97.5 Å². The summed E-state index contributed by atoms with van der Waals surface area (Å²) in [5.74, 6) is 0.0753. The van der Waals surface area contributed by atoms with Crippen molar-refractivity contribution >= 4 is 28.2 Å². The lowest BCUT2D eigenvalue weighted by molar-refractivity contribution is -0.136. The maximum atomic E-state index is 12.7. The Morgan fingerprint density at radius 3 is 2.76 bits per heavy atom. The predicted molar refractivity (Wildman–Crippen MR) is 167 cm³/mol. The molecular weight excluding hydrogens is 526 g/mol. The van der Waals surface area contributed by atoms with E-state index in [1.807, 2.05) is 47.9 Å². The molecule has 0 bridgehead atoms. The van der Waals surface area contributed by atoms with Crippen molar-refractivity contribution in [2.45, 2.75) is 32.3 Å². The van der Waals surface area contributed by atoms with Gasteiger partial charge in [0.25, 0.3) is 0 Å². The second-order valence-electron chi connectivity index (χ2n) is 12.7. The van der Waals surface area contributed by atoms with Crippen LogP contribution >= 0.6 is 0 Å². The van der Waals surface area contributed by atoms with Gasteiger partial charge in [0, 0.05) is 86.6 Å². The molecule has 4 heterocycles. The molecule has 1 atom stereocenters. The van der Waals surface area contributed by atoms with E-state index in [4.69, 9.17) is 0 Å². The van der Waals surface area contributed by atoms with Crippen molar-refractivity contribution in [1.82, 2.24) is 19.6 Å². The fourth-order valence-corrected chi connectivity index (χ4v) is 7.04.